The van der Waals surface area contributed by atoms with Gasteiger partial charge in [0.2, 0.25) is 5.16 Å². The van der Waals surface area contributed by atoms with E-state index in [1.807, 2.05) is 4.52 Å². The van der Waals surface area contributed by atoms with E-state index in [2.05, 4.69) is 34.2 Å². The van der Waals surface area contributed by atoms with E-state index < -0.39 is 0 Å². The minimum Gasteiger partial charge on any atom is -0.368 e. The topological polar surface area (TPSA) is 55.1 Å². The molecule has 2 aromatic heterocycles. The number of fused-ring (bicyclic) bond motifs is 2. The van der Waals surface area contributed by atoms with Crippen molar-refractivity contribution < 1.29 is 0 Å². The number of anilines is 1. The van der Waals surface area contributed by atoms with Crippen molar-refractivity contribution in [3.05, 3.63) is 11.3 Å². The fraction of sp³-hybridized carbons (Fsp3) is 0.615. The summed E-state index contributed by atoms with van der Waals surface area (Å²) in [5, 5.41) is 9.21. The molecule has 1 aliphatic carbocycles. The predicted octanol–water partition coefficient (Wildman–Crippen LogP) is 2.76. The lowest BCUT2D eigenvalue weighted by Crippen LogP contribution is -2.12. The average Bonchev–Trinajstić information content (AvgIpc) is 2.99. The SMILES string of the molecule is CC(C)Sc1nc2nc3c(c(NCCCl)n2n1)CCC3. The second-order valence-corrected chi connectivity index (χ2v) is 7.05. The molecular weight excluding hydrogens is 294 g/mol. The van der Waals surface area contributed by atoms with E-state index in [0.717, 1.165) is 42.5 Å². The van der Waals surface area contributed by atoms with Gasteiger partial charge in [-0.15, -0.1) is 16.7 Å². The van der Waals surface area contributed by atoms with E-state index in [1.165, 1.54) is 5.56 Å². The number of aryl methyl sites for hydroxylation is 1. The first kappa shape index (κ1) is 13.9. The zero-order valence-corrected chi connectivity index (χ0v) is 13.3. The number of hydrogen-bond acceptors (Lipinski definition) is 5. The summed E-state index contributed by atoms with van der Waals surface area (Å²) in [4.78, 5) is 9.19. The summed E-state index contributed by atoms with van der Waals surface area (Å²) in [5.74, 6) is 2.28. The number of nitrogens with one attached hydrogen (secondary N) is 1. The Morgan fingerprint density at radius 2 is 2.20 bits per heavy atom. The largest absolute Gasteiger partial charge is 0.368 e. The lowest BCUT2D eigenvalue weighted by atomic mass is 10.2. The molecule has 0 bridgehead atoms. The highest BCUT2D eigenvalue weighted by molar-refractivity contribution is 7.99. The van der Waals surface area contributed by atoms with Crippen LogP contribution in [0.4, 0.5) is 5.82 Å². The van der Waals surface area contributed by atoms with Crippen molar-refractivity contribution in [2.45, 2.75) is 43.5 Å². The first-order valence-corrected chi connectivity index (χ1v) is 8.35. The van der Waals surface area contributed by atoms with Gasteiger partial charge in [0.1, 0.15) is 5.82 Å². The average molecular weight is 312 g/mol. The summed E-state index contributed by atoms with van der Waals surface area (Å²) >= 11 is 7.46. The van der Waals surface area contributed by atoms with Crippen molar-refractivity contribution in [2.75, 3.05) is 17.7 Å². The lowest BCUT2D eigenvalue weighted by Gasteiger charge is -2.11. The Morgan fingerprint density at radius 1 is 1.35 bits per heavy atom. The van der Waals surface area contributed by atoms with Crippen LogP contribution in [0, 0.1) is 0 Å². The van der Waals surface area contributed by atoms with Crippen LogP contribution in [-0.4, -0.2) is 37.3 Å². The molecule has 0 unspecified atom stereocenters. The Labute approximate surface area is 127 Å². The van der Waals surface area contributed by atoms with Gasteiger partial charge in [0.15, 0.2) is 0 Å². The predicted molar refractivity (Wildman–Crippen MR) is 83.0 cm³/mol. The molecule has 0 radical (unpaired) electrons. The highest BCUT2D eigenvalue weighted by Crippen LogP contribution is 2.29. The van der Waals surface area contributed by atoms with Crippen LogP contribution in [0.15, 0.2) is 5.16 Å². The molecular formula is C13H18ClN5S. The Morgan fingerprint density at radius 3 is 2.95 bits per heavy atom. The Bertz CT molecular complexity index is 625. The van der Waals surface area contributed by atoms with Crippen molar-refractivity contribution in [2.24, 2.45) is 0 Å². The molecule has 0 atom stereocenters. The van der Waals surface area contributed by atoms with Gasteiger partial charge in [-0.3, -0.25) is 0 Å². The molecule has 108 valence electrons. The Hall–Kier alpha value is -1.01. The molecule has 0 aromatic carbocycles. The molecule has 2 heterocycles. The summed E-state index contributed by atoms with van der Waals surface area (Å²) in [6.45, 7) is 4.99. The van der Waals surface area contributed by atoms with Gasteiger partial charge in [-0.05, 0) is 19.3 Å². The van der Waals surface area contributed by atoms with E-state index in [-0.39, 0.29) is 0 Å². The molecule has 1 aliphatic rings. The third-order valence-electron chi connectivity index (χ3n) is 3.22. The van der Waals surface area contributed by atoms with Crippen LogP contribution in [0.1, 0.15) is 31.5 Å². The first-order valence-electron chi connectivity index (χ1n) is 6.94. The maximum atomic E-state index is 5.80. The van der Waals surface area contributed by atoms with Crippen LogP contribution in [0.5, 0.6) is 0 Å². The van der Waals surface area contributed by atoms with E-state index >= 15 is 0 Å². The Kier molecular flexibility index (Phi) is 4.03. The summed E-state index contributed by atoms with van der Waals surface area (Å²) < 4.78 is 1.83. The van der Waals surface area contributed by atoms with Gasteiger partial charge in [0.05, 0.1) is 5.69 Å². The maximum Gasteiger partial charge on any atom is 0.255 e. The molecule has 0 saturated heterocycles. The number of aromatic nitrogens is 4. The van der Waals surface area contributed by atoms with Crippen molar-refractivity contribution >= 4 is 35.0 Å². The number of hydrogen-bond donors (Lipinski definition) is 1. The lowest BCUT2D eigenvalue weighted by molar-refractivity contribution is 0.862. The second kappa shape index (κ2) is 5.77. The number of nitrogens with zero attached hydrogens (tertiary/aromatic N) is 4. The van der Waals surface area contributed by atoms with Crippen LogP contribution in [0.2, 0.25) is 0 Å². The van der Waals surface area contributed by atoms with Gasteiger partial charge in [-0.1, -0.05) is 25.6 Å². The van der Waals surface area contributed by atoms with Crippen LogP contribution >= 0.6 is 23.4 Å². The third-order valence-corrected chi connectivity index (χ3v) is 4.26. The zero-order chi connectivity index (χ0) is 14.1. The normalized spacial score (nSPS) is 14.2. The third kappa shape index (κ3) is 2.59. The Balaban J connectivity index is 2.08. The molecule has 0 aliphatic heterocycles. The minimum absolute atomic E-state index is 0.457. The number of halogens is 1. The number of thioether (sulfide) groups is 1. The molecule has 5 nitrogen and oxygen atoms in total. The molecule has 0 saturated carbocycles. The van der Waals surface area contributed by atoms with Gasteiger partial charge < -0.3 is 5.32 Å². The molecule has 0 amide bonds. The monoisotopic (exact) mass is 311 g/mol. The standard InChI is InChI=1S/C13H18ClN5S/c1-8(2)20-13-17-12-16-10-5-3-4-9(10)11(15-7-6-14)19(12)18-13/h8,15H,3-7H2,1-2H3. The van der Waals surface area contributed by atoms with E-state index in [0.29, 0.717) is 16.9 Å². The van der Waals surface area contributed by atoms with Gasteiger partial charge in [-0.2, -0.15) is 9.50 Å². The molecule has 0 fully saturated rings. The smallest absolute Gasteiger partial charge is 0.255 e. The van der Waals surface area contributed by atoms with E-state index in [4.69, 9.17) is 11.6 Å². The summed E-state index contributed by atoms with van der Waals surface area (Å²) in [7, 11) is 0. The fourth-order valence-corrected chi connectivity index (χ4v) is 3.25. The van der Waals surface area contributed by atoms with Gasteiger partial charge in [-0.25, -0.2) is 4.98 Å². The maximum absolute atomic E-state index is 5.80. The van der Waals surface area contributed by atoms with Crippen LogP contribution in [0.25, 0.3) is 5.78 Å². The van der Waals surface area contributed by atoms with Gasteiger partial charge in [0, 0.05) is 23.2 Å². The molecule has 1 N–H and O–H groups in total. The van der Waals surface area contributed by atoms with E-state index in [9.17, 15) is 0 Å². The zero-order valence-electron chi connectivity index (χ0n) is 11.7. The van der Waals surface area contributed by atoms with Crippen molar-refractivity contribution in [1.82, 2.24) is 19.6 Å². The van der Waals surface area contributed by atoms with Gasteiger partial charge in [0.25, 0.3) is 5.78 Å². The summed E-state index contributed by atoms with van der Waals surface area (Å²) in [6.07, 6.45) is 3.23. The molecule has 20 heavy (non-hydrogen) atoms. The van der Waals surface area contributed by atoms with E-state index in [1.54, 1.807) is 11.8 Å². The number of rotatable bonds is 5. The van der Waals surface area contributed by atoms with Gasteiger partial charge >= 0.3 is 0 Å². The minimum atomic E-state index is 0.457. The molecule has 7 heteroatoms. The van der Waals surface area contributed by atoms with Crippen molar-refractivity contribution in [3.8, 4) is 0 Å². The summed E-state index contributed by atoms with van der Waals surface area (Å²) in [5.41, 5.74) is 2.43. The highest BCUT2D eigenvalue weighted by Gasteiger charge is 2.22. The van der Waals surface area contributed by atoms with Crippen LogP contribution in [0.3, 0.4) is 0 Å². The number of alkyl halides is 1. The van der Waals surface area contributed by atoms with Crippen molar-refractivity contribution in [1.29, 1.82) is 0 Å². The fourth-order valence-electron chi connectivity index (χ4n) is 2.47. The van der Waals surface area contributed by atoms with Crippen molar-refractivity contribution in [3.63, 3.8) is 0 Å². The quantitative estimate of drug-likeness (QED) is 0.679. The second-order valence-electron chi connectivity index (χ2n) is 5.13. The summed E-state index contributed by atoms with van der Waals surface area (Å²) in [6, 6.07) is 0. The van der Waals surface area contributed by atoms with Crippen LogP contribution in [-0.2, 0) is 12.8 Å². The first-order chi connectivity index (χ1) is 9.69. The highest BCUT2D eigenvalue weighted by atomic mass is 35.5. The molecule has 3 rings (SSSR count). The molecule has 0 spiro atoms. The van der Waals surface area contributed by atoms with Crippen LogP contribution < -0.4 is 5.32 Å². The molecule has 2 aromatic rings.